The van der Waals surface area contributed by atoms with Gasteiger partial charge in [-0.1, -0.05) is 70.2 Å². The van der Waals surface area contributed by atoms with Gasteiger partial charge >= 0.3 is 0 Å². The molecule has 9 heteroatoms. The summed E-state index contributed by atoms with van der Waals surface area (Å²) < 4.78 is 25.2. The van der Waals surface area contributed by atoms with Gasteiger partial charge in [-0.25, -0.2) is 13.9 Å². The molecule has 174 valence electrons. The molecule has 0 saturated carbocycles. The molecule has 0 unspecified atom stereocenters. The SMILES string of the molecule is CC(C)C[C@@H](C(=O)NN(CC(C)C)S(C)(=O)=O)[C@H](C/C=C\c1ccccc1)C(=O)NO. The van der Waals surface area contributed by atoms with E-state index in [4.69, 9.17) is 0 Å². The lowest BCUT2D eigenvalue weighted by atomic mass is 9.82. The molecule has 0 aliphatic rings. The second-order valence-corrected chi connectivity index (χ2v) is 10.4. The average Bonchev–Trinajstić information content (AvgIpc) is 2.68. The number of hydrogen-bond donors (Lipinski definition) is 3. The van der Waals surface area contributed by atoms with Crippen molar-refractivity contribution >= 4 is 27.9 Å². The normalized spacial score (nSPS) is 14.2. The zero-order valence-electron chi connectivity index (χ0n) is 18.9. The minimum Gasteiger partial charge on any atom is -0.289 e. The molecule has 1 rings (SSSR count). The number of amides is 2. The molecule has 0 aliphatic heterocycles. The monoisotopic (exact) mass is 453 g/mol. The lowest BCUT2D eigenvalue weighted by Gasteiger charge is -2.29. The molecule has 0 spiro atoms. The minimum absolute atomic E-state index is 0.0103. The zero-order valence-corrected chi connectivity index (χ0v) is 19.7. The van der Waals surface area contributed by atoms with Crippen LogP contribution >= 0.6 is 0 Å². The van der Waals surface area contributed by atoms with E-state index < -0.39 is 33.7 Å². The molecule has 2 atom stereocenters. The Bertz CT molecular complexity index is 838. The number of benzene rings is 1. The van der Waals surface area contributed by atoms with Crippen molar-refractivity contribution in [3.63, 3.8) is 0 Å². The zero-order chi connectivity index (χ0) is 23.6. The van der Waals surface area contributed by atoms with E-state index in [-0.39, 0.29) is 24.8 Å². The largest absolute Gasteiger partial charge is 0.289 e. The van der Waals surface area contributed by atoms with Gasteiger partial charge in [-0.2, -0.15) is 0 Å². The van der Waals surface area contributed by atoms with Gasteiger partial charge in [0.1, 0.15) is 0 Å². The number of hydroxylamine groups is 1. The van der Waals surface area contributed by atoms with Crippen molar-refractivity contribution in [2.45, 2.75) is 40.5 Å². The lowest BCUT2D eigenvalue weighted by molar-refractivity contribution is -0.141. The van der Waals surface area contributed by atoms with Gasteiger partial charge in [-0.05, 0) is 30.2 Å². The summed E-state index contributed by atoms with van der Waals surface area (Å²) in [5.74, 6) is -2.89. The molecule has 3 N–H and O–H groups in total. The Labute approximate surface area is 185 Å². The van der Waals surface area contributed by atoms with E-state index in [1.807, 2.05) is 64.1 Å². The highest BCUT2D eigenvalue weighted by Crippen LogP contribution is 2.26. The molecule has 1 aromatic carbocycles. The maximum Gasteiger partial charge on any atom is 0.247 e. The molecule has 0 heterocycles. The van der Waals surface area contributed by atoms with E-state index in [1.165, 1.54) is 0 Å². The second kappa shape index (κ2) is 12.6. The molecule has 1 aromatic rings. The Balaban J connectivity index is 3.14. The number of nitrogens with zero attached hydrogens (tertiary/aromatic N) is 1. The number of allylic oxidation sites excluding steroid dienone is 1. The van der Waals surface area contributed by atoms with Gasteiger partial charge in [0.2, 0.25) is 21.8 Å². The molecule has 0 saturated heterocycles. The van der Waals surface area contributed by atoms with Gasteiger partial charge in [0.15, 0.2) is 0 Å². The van der Waals surface area contributed by atoms with Crippen LogP contribution in [0.15, 0.2) is 36.4 Å². The Morgan fingerprint density at radius 3 is 2.13 bits per heavy atom. The van der Waals surface area contributed by atoms with Crippen LogP contribution in [0.4, 0.5) is 0 Å². The molecule has 0 radical (unpaired) electrons. The summed E-state index contributed by atoms with van der Waals surface area (Å²) in [4.78, 5) is 25.5. The van der Waals surface area contributed by atoms with Crippen molar-refractivity contribution in [3.8, 4) is 0 Å². The third-order valence-corrected chi connectivity index (χ3v) is 5.70. The predicted molar refractivity (Wildman–Crippen MR) is 121 cm³/mol. The van der Waals surface area contributed by atoms with Gasteiger partial charge in [-0.15, -0.1) is 4.41 Å². The van der Waals surface area contributed by atoms with E-state index >= 15 is 0 Å². The lowest BCUT2D eigenvalue weighted by Crippen LogP contribution is -2.51. The Hall–Kier alpha value is -2.23. The summed E-state index contributed by atoms with van der Waals surface area (Å²) >= 11 is 0. The van der Waals surface area contributed by atoms with Crippen molar-refractivity contribution in [2.75, 3.05) is 12.8 Å². The van der Waals surface area contributed by atoms with Crippen LogP contribution in [0.25, 0.3) is 6.08 Å². The third-order valence-electron chi connectivity index (χ3n) is 4.66. The van der Waals surface area contributed by atoms with Gasteiger partial charge in [0.05, 0.1) is 18.1 Å². The number of sulfonamides is 1. The smallest absolute Gasteiger partial charge is 0.247 e. The summed E-state index contributed by atoms with van der Waals surface area (Å²) in [6.07, 6.45) is 5.19. The quantitative estimate of drug-likeness (QED) is 0.332. The summed E-state index contributed by atoms with van der Waals surface area (Å²) in [6, 6.07) is 9.49. The van der Waals surface area contributed by atoms with Gasteiger partial charge in [-0.3, -0.25) is 20.2 Å². The van der Waals surface area contributed by atoms with Crippen LogP contribution in [0.5, 0.6) is 0 Å². The van der Waals surface area contributed by atoms with Gasteiger partial charge in [0, 0.05) is 6.54 Å². The molecule has 0 bridgehead atoms. The average molecular weight is 454 g/mol. The fraction of sp³-hybridized carbons (Fsp3) is 0.545. The number of rotatable bonds is 12. The van der Waals surface area contributed by atoms with Crippen LogP contribution in [0.3, 0.4) is 0 Å². The van der Waals surface area contributed by atoms with E-state index in [0.29, 0.717) is 6.42 Å². The number of hydrogen-bond acceptors (Lipinski definition) is 5. The van der Waals surface area contributed by atoms with Crippen LogP contribution < -0.4 is 10.9 Å². The van der Waals surface area contributed by atoms with Crippen LogP contribution in [-0.2, 0) is 19.6 Å². The van der Waals surface area contributed by atoms with Crippen LogP contribution in [-0.4, -0.2) is 42.7 Å². The van der Waals surface area contributed by atoms with E-state index in [1.54, 1.807) is 11.6 Å². The molecule has 0 aliphatic carbocycles. The Morgan fingerprint density at radius 1 is 1.03 bits per heavy atom. The molecule has 8 nitrogen and oxygen atoms in total. The summed E-state index contributed by atoms with van der Waals surface area (Å²) in [6.45, 7) is 7.62. The summed E-state index contributed by atoms with van der Waals surface area (Å²) in [7, 11) is -3.68. The Morgan fingerprint density at radius 2 is 1.65 bits per heavy atom. The van der Waals surface area contributed by atoms with Crippen molar-refractivity contribution in [3.05, 3.63) is 42.0 Å². The molecular weight excluding hydrogens is 418 g/mol. The third kappa shape index (κ3) is 9.63. The molecular formula is C22H35N3O5S. The van der Waals surface area contributed by atoms with Gasteiger partial charge < -0.3 is 0 Å². The number of hydrazine groups is 1. The first-order valence-electron chi connectivity index (χ1n) is 10.4. The fourth-order valence-corrected chi connectivity index (χ4v) is 4.04. The van der Waals surface area contributed by atoms with E-state index in [9.17, 15) is 23.2 Å². The Kier molecular flexibility index (Phi) is 10.9. The van der Waals surface area contributed by atoms with Crippen LogP contribution in [0, 0.1) is 23.7 Å². The summed E-state index contributed by atoms with van der Waals surface area (Å²) in [5.41, 5.74) is 5.08. The predicted octanol–water partition coefficient (Wildman–Crippen LogP) is 2.82. The van der Waals surface area contributed by atoms with Gasteiger partial charge in [0.25, 0.3) is 0 Å². The van der Waals surface area contributed by atoms with Crippen LogP contribution in [0.1, 0.15) is 46.1 Å². The van der Waals surface area contributed by atoms with E-state index in [0.717, 1.165) is 16.2 Å². The van der Waals surface area contributed by atoms with Crippen molar-refractivity contribution in [2.24, 2.45) is 23.7 Å². The number of carbonyl (C=O) groups is 2. The topological polar surface area (TPSA) is 116 Å². The van der Waals surface area contributed by atoms with Crippen molar-refractivity contribution in [1.29, 1.82) is 0 Å². The summed E-state index contributed by atoms with van der Waals surface area (Å²) in [5, 5.41) is 9.25. The minimum atomic E-state index is -3.68. The molecule has 31 heavy (non-hydrogen) atoms. The number of carbonyl (C=O) groups excluding carboxylic acids is 2. The molecule has 0 aromatic heterocycles. The fourth-order valence-electron chi connectivity index (χ4n) is 3.22. The highest BCUT2D eigenvalue weighted by molar-refractivity contribution is 7.88. The highest BCUT2D eigenvalue weighted by Gasteiger charge is 2.35. The molecule has 2 amide bonds. The second-order valence-electron chi connectivity index (χ2n) is 8.53. The molecule has 0 fully saturated rings. The highest BCUT2D eigenvalue weighted by atomic mass is 32.2. The maximum atomic E-state index is 13.1. The van der Waals surface area contributed by atoms with E-state index in [2.05, 4.69) is 5.43 Å². The first-order valence-corrected chi connectivity index (χ1v) is 12.2. The first-order chi connectivity index (χ1) is 14.5. The van der Waals surface area contributed by atoms with Crippen molar-refractivity contribution in [1.82, 2.24) is 15.3 Å². The van der Waals surface area contributed by atoms with Crippen molar-refractivity contribution < 1.29 is 23.2 Å². The first kappa shape index (κ1) is 26.8. The standard InChI is InChI=1S/C22H35N3O5S/c1-16(2)14-20(21(26)23-25(15-17(3)4)31(5,29)30)19(22(27)24-28)13-9-12-18-10-7-6-8-11-18/h6-12,16-17,19-20,28H,13-15H2,1-5H3,(H,23,26)(H,24,27)/b12-9-/t19-,20+/m0/s1. The number of nitrogens with one attached hydrogen (secondary N) is 2. The maximum absolute atomic E-state index is 13.1. The van der Waals surface area contributed by atoms with Crippen LogP contribution in [0.2, 0.25) is 0 Å².